The van der Waals surface area contributed by atoms with Gasteiger partial charge in [-0.05, 0) is 0 Å². The summed E-state index contributed by atoms with van der Waals surface area (Å²) < 4.78 is 23.3. The topological polar surface area (TPSA) is 0 Å². The molecule has 1 rings (SSSR count). The number of rotatable bonds is 0. The maximum atomic E-state index is 11.7. The molecule has 2 heteroatoms. The summed E-state index contributed by atoms with van der Waals surface area (Å²) in [4.78, 5) is 0. The molecule has 7 heavy (non-hydrogen) atoms. The first kappa shape index (κ1) is 4.58. The Morgan fingerprint density at radius 2 is 2.14 bits per heavy atom. The molecule has 0 radical (unpaired) electrons. The van der Waals surface area contributed by atoms with Gasteiger partial charge in [-0.2, -0.15) is 0 Å². The van der Waals surface area contributed by atoms with Crippen LogP contribution in [0, 0.1) is 18.3 Å². The summed E-state index contributed by atoms with van der Waals surface area (Å²) in [5.41, 5.74) is 0. The molecule has 0 aromatic rings. The second-order valence-corrected chi connectivity index (χ2v) is 1.68. The quantitative estimate of drug-likeness (QED) is 0.404. The summed E-state index contributed by atoms with van der Waals surface area (Å²) in [5, 5.41) is 0. The molecule has 0 aliphatic heterocycles. The molecule has 1 aliphatic rings. The molecule has 0 saturated heterocycles. The predicted octanol–water partition coefficient (Wildman–Crippen LogP) is 1.27. The van der Waals surface area contributed by atoms with Gasteiger partial charge in [0.25, 0.3) is 5.92 Å². The second kappa shape index (κ2) is 0.975. The fourth-order valence-electron chi connectivity index (χ4n) is 0.394. The van der Waals surface area contributed by atoms with Crippen molar-refractivity contribution in [3.63, 3.8) is 0 Å². The second-order valence-electron chi connectivity index (χ2n) is 1.68. The van der Waals surface area contributed by atoms with Crippen molar-refractivity contribution in [1.82, 2.24) is 0 Å². The van der Waals surface area contributed by atoms with Crippen LogP contribution in [0.1, 0.15) is 6.42 Å². The van der Waals surface area contributed by atoms with Gasteiger partial charge in [0.2, 0.25) is 0 Å². The van der Waals surface area contributed by atoms with Gasteiger partial charge in [0, 0.05) is 6.42 Å². The summed E-state index contributed by atoms with van der Waals surface area (Å²) in [5.74, 6) is -1.30. The fourth-order valence-corrected chi connectivity index (χ4v) is 0.394. The van der Waals surface area contributed by atoms with Crippen molar-refractivity contribution >= 4 is 0 Å². The maximum Gasteiger partial charge on any atom is 0.263 e. The number of terminal acetylenes is 1. The van der Waals surface area contributed by atoms with E-state index < -0.39 is 11.8 Å². The van der Waals surface area contributed by atoms with Crippen LogP contribution in [-0.4, -0.2) is 5.92 Å². The highest BCUT2D eigenvalue weighted by Crippen LogP contribution is 2.47. The third-order valence-electron chi connectivity index (χ3n) is 1.03. The van der Waals surface area contributed by atoms with Crippen LogP contribution in [0.2, 0.25) is 0 Å². The van der Waals surface area contributed by atoms with Crippen molar-refractivity contribution in [3.8, 4) is 12.3 Å². The molecule has 0 aromatic carbocycles. The average molecular weight is 102 g/mol. The van der Waals surface area contributed by atoms with Gasteiger partial charge in [0.1, 0.15) is 0 Å². The lowest BCUT2D eigenvalue weighted by Crippen LogP contribution is -1.88. The van der Waals surface area contributed by atoms with Gasteiger partial charge in [0.05, 0.1) is 5.92 Å². The third kappa shape index (κ3) is 0.584. The predicted molar refractivity (Wildman–Crippen MR) is 21.9 cm³/mol. The van der Waals surface area contributed by atoms with Crippen LogP contribution < -0.4 is 0 Å². The minimum Gasteiger partial charge on any atom is -0.205 e. The average Bonchev–Trinajstić information content (AvgIpc) is 2.13. The Kier molecular flexibility index (Phi) is 0.637. The van der Waals surface area contributed by atoms with Gasteiger partial charge < -0.3 is 0 Å². The number of hydrogen-bond donors (Lipinski definition) is 0. The molecular formula is C5H4F2. The lowest BCUT2D eigenvalue weighted by molar-refractivity contribution is 0.109. The molecule has 0 heterocycles. The maximum absolute atomic E-state index is 11.7. The molecule has 38 valence electrons. The van der Waals surface area contributed by atoms with Crippen LogP contribution in [0.4, 0.5) is 8.78 Å². The van der Waals surface area contributed by atoms with Crippen LogP contribution in [0.15, 0.2) is 0 Å². The van der Waals surface area contributed by atoms with Crippen molar-refractivity contribution < 1.29 is 8.78 Å². The van der Waals surface area contributed by atoms with Gasteiger partial charge in [-0.15, -0.1) is 6.42 Å². The van der Waals surface area contributed by atoms with E-state index in [9.17, 15) is 8.78 Å². The van der Waals surface area contributed by atoms with E-state index in [4.69, 9.17) is 0 Å². The van der Waals surface area contributed by atoms with E-state index in [-0.39, 0.29) is 6.42 Å². The Morgan fingerprint density at radius 1 is 1.71 bits per heavy atom. The van der Waals surface area contributed by atoms with Crippen molar-refractivity contribution in [2.75, 3.05) is 0 Å². The number of hydrogen-bond acceptors (Lipinski definition) is 0. The molecule has 1 unspecified atom stereocenters. The van der Waals surface area contributed by atoms with Crippen molar-refractivity contribution in [2.45, 2.75) is 12.3 Å². The van der Waals surface area contributed by atoms with Crippen LogP contribution in [0.3, 0.4) is 0 Å². The van der Waals surface area contributed by atoms with Gasteiger partial charge in [-0.3, -0.25) is 0 Å². The van der Waals surface area contributed by atoms with Crippen molar-refractivity contribution in [3.05, 3.63) is 0 Å². The summed E-state index contributed by atoms with van der Waals surface area (Å²) in [6.07, 6.45) is 4.57. The molecular weight excluding hydrogens is 98.1 g/mol. The molecule has 0 nitrogen and oxygen atoms in total. The zero-order valence-corrected chi connectivity index (χ0v) is 3.62. The van der Waals surface area contributed by atoms with Crippen LogP contribution in [0.25, 0.3) is 0 Å². The largest absolute Gasteiger partial charge is 0.263 e. The Bertz CT molecular complexity index is 121. The van der Waals surface area contributed by atoms with Crippen LogP contribution in [0.5, 0.6) is 0 Å². The van der Waals surface area contributed by atoms with E-state index in [1.807, 2.05) is 5.92 Å². The first-order chi connectivity index (χ1) is 3.17. The molecule has 1 aliphatic carbocycles. The highest BCUT2D eigenvalue weighted by atomic mass is 19.3. The lowest BCUT2D eigenvalue weighted by atomic mass is 10.4. The Hall–Kier alpha value is -0.580. The Balaban J connectivity index is 2.49. The third-order valence-corrected chi connectivity index (χ3v) is 1.03. The smallest absolute Gasteiger partial charge is 0.205 e. The minimum absolute atomic E-state index is 0.108. The van der Waals surface area contributed by atoms with E-state index in [2.05, 4.69) is 6.42 Å². The molecule has 0 aromatic heterocycles. The molecule has 0 bridgehead atoms. The molecule has 1 saturated carbocycles. The van der Waals surface area contributed by atoms with Crippen molar-refractivity contribution in [1.29, 1.82) is 0 Å². The zero-order valence-electron chi connectivity index (χ0n) is 3.62. The van der Waals surface area contributed by atoms with Crippen LogP contribution in [-0.2, 0) is 0 Å². The van der Waals surface area contributed by atoms with Gasteiger partial charge in [0.15, 0.2) is 0 Å². The molecule has 1 atom stereocenters. The summed E-state index contributed by atoms with van der Waals surface area (Å²) in [6.45, 7) is 0. The van der Waals surface area contributed by atoms with E-state index in [1.165, 1.54) is 0 Å². The standard InChI is InChI=1S/C5H4F2/c1-2-4-3-5(4,6)7/h1,4H,3H2. The first-order valence-corrected chi connectivity index (χ1v) is 2.01. The van der Waals surface area contributed by atoms with E-state index >= 15 is 0 Å². The molecule has 0 N–H and O–H groups in total. The summed E-state index contributed by atoms with van der Waals surface area (Å²) >= 11 is 0. The lowest BCUT2D eigenvalue weighted by Gasteiger charge is -1.82. The highest BCUT2D eigenvalue weighted by molar-refractivity contribution is 5.12. The molecule has 0 amide bonds. The molecule has 1 fully saturated rings. The monoisotopic (exact) mass is 102 g/mol. The Labute approximate surface area is 40.5 Å². The zero-order chi connectivity index (χ0) is 5.49. The highest BCUT2D eigenvalue weighted by Gasteiger charge is 2.55. The van der Waals surface area contributed by atoms with Gasteiger partial charge >= 0.3 is 0 Å². The van der Waals surface area contributed by atoms with Crippen molar-refractivity contribution in [2.24, 2.45) is 5.92 Å². The first-order valence-electron chi connectivity index (χ1n) is 2.01. The minimum atomic E-state index is -2.52. The summed E-state index contributed by atoms with van der Waals surface area (Å²) in [7, 11) is 0. The SMILES string of the molecule is C#CC1CC1(F)F. The van der Waals surface area contributed by atoms with E-state index in [0.29, 0.717) is 0 Å². The summed E-state index contributed by atoms with van der Waals surface area (Å²) in [6, 6.07) is 0. The Morgan fingerprint density at radius 3 is 2.14 bits per heavy atom. The van der Waals surface area contributed by atoms with E-state index in [1.54, 1.807) is 0 Å². The van der Waals surface area contributed by atoms with E-state index in [0.717, 1.165) is 0 Å². The van der Waals surface area contributed by atoms with Crippen LogP contribution >= 0.6 is 0 Å². The molecule has 0 spiro atoms. The van der Waals surface area contributed by atoms with Gasteiger partial charge in [-0.1, -0.05) is 5.92 Å². The fraction of sp³-hybridized carbons (Fsp3) is 0.600. The number of halogens is 2. The van der Waals surface area contributed by atoms with Gasteiger partial charge in [-0.25, -0.2) is 8.78 Å². The number of alkyl halides is 2. The normalized spacial score (nSPS) is 34.1.